The van der Waals surface area contributed by atoms with Crippen LogP contribution in [0.5, 0.6) is 11.5 Å². The lowest BCUT2D eigenvalue weighted by Crippen LogP contribution is -2.33. The number of aromatic nitrogens is 1. The van der Waals surface area contributed by atoms with E-state index in [0.717, 1.165) is 5.56 Å². The molecule has 30 heavy (non-hydrogen) atoms. The molecule has 0 bridgehead atoms. The molecule has 10 heteroatoms. The van der Waals surface area contributed by atoms with Gasteiger partial charge in [-0.25, -0.2) is 13.1 Å². The Morgan fingerprint density at radius 2 is 1.90 bits per heavy atom. The van der Waals surface area contributed by atoms with Gasteiger partial charge in [0, 0.05) is 23.6 Å². The van der Waals surface area contributed by atoms with Crippen LogP contribution in [-0.4, -0.2) is 46.0 Å². The first-order chi connectivity index (χ1) is 14.3. The van der Waals surface area contributed by atoms with Gasteiger partial charge >= 0.3 is 0 Å². The second-order valence-corrected chi connectivity index (χ2v) is 8.42. The zero-order valence-electron chi connectivity index (χ0n) is 16.2. The smallest absolute Gasteiger partial charge is 0.281 e. The molecule has 2 heterocycles. The molecule has 1 aliphatic heterocycles. The normalized spacial score (nSPS) is 13.5. The summed E-state index contributed by atoms with van der Waals surface area (Å²) in [5.41, 5.74) is 1.63. The van der Waals surface area contributed by atoms with Gasteiger partial charge in [0.2, 0.25) is 0 Å². The highest BCUT2D eigenvalue weighted by atomic mass is 32.2. The van der Waals surface area contributed by atoms with Crippen LogP contribution in [0.4, 0.5) is 0 Å². The van der Waals surface area contributed by atoms with Crippen molar-refractivity contribution in [3.63, 3.8) is 0 Å². The lowest BCUT2D eigenvalue weighted by atomic mass is 10.0. The Morgan fingerprint density at radius 3 is 2.63 bits per heavy atom. The van der Waals surface area contributed by atoms with E-state index in [9.17, 15) is 18.0 Å². The molecule has 0 aliphatic carbocycles. The van der Waals surface area contributed by atoms with E-state index in [1.807, 2.05) is 4.72 Å². The Hall–Kier alpha value is -3.53. The quantitative estimate of drug-likeness (QED) is 0.565. The Labute approximate surface area is 172 Å². The van der Waals surface area contributed by atoms with Crippen molar-refractivity contribution in [3.05, 3.63) is 53.2 Å². The minimum atomic E-state index is -4.19. The van der Waals surface area contributed by atoms with Crippen LogP contribution in [0.2, 0.25) is 0 Å². The topological polar surface area (TPSA) is 127 Å². The van der Waals surface area contributed by atoms with E-state index < -0.39 is 15.9 Å². The van der Waals surface area contributed by atoms with Crippen LogP contribution >= 0.6 is 0 Å². The zero-order valence-corrected chi connectivity index (χ0v) is 17.1. The minimum Gasteiger partial charge on any atom is -0.497 e. The second-order valence-electron chi connectivity index (χ2n) is 6.74. The Kier molecular flexibility index (Phi) is 4.86. The fourth-order valence-corrected chi connectivity index (χ4v) is 4.37. The van der Waals surface area contributed by atoms with E-state index in [1.54, 1.807) is 18.2 Å². The predicted octanol–water partition coefficient (Wildman–Crippen LogP) is 1.59. The maximum Gasteiger partial charge on any atom is 0.281 e. The summed E-state index contributed by atoms with van der Waals surface area (Å²) in [6.07, 6.45) is 0.619. The van der Waals surface area contributed by atoms with Gasteiger partial charge in [-0.3, -0.25) is 9.59 Å². The molecule has 0 atom stereocenters. The number of methoxy groups -OCH3 is 2. The molecule has 3 N–H and O–H groups in total. The molecule has 0 spiro atoms. The van der Waals surface area contributed by atoms with Gasteiger partial charge in [0.05, 0.1) is 24.6 Å². The molecule has 9 nitrogen and oxygen atoms in total. The van der Waals surface area contributed by atoms with Crippen LogP contribution in [0.15, 0.2) is 41.3 Å². The van der Waals surface area contributed by atoms with Crippen molar-refractivity contribution in [2.45, 2.75) is 11.3 Å². The van der Waals surface area contributed by atoms with Crippen LogP contribution in [0.25, 0.3) is 10.9 Å². The van der Waals surface area contributed by atoms with Crippen molar-refractivity contribution in [2.75, 3.05) is 20.8 Å². The van der Waals surface area contributed by atoms with Crippen LogP contribution in [0.3, 0.4) is 0 Å². The molecule has 1 aliphatic rings. The number of hydrogen-bond donors (Lipinski definition) is 3. The number of aromatic amines is 1. The molecule has 0 fully saturated rings. The number of hydrogen-bond acceptors (Lipinski definition) is 6. The van der Waals surface area contributed by atoms with Crippen LogP contribution in [-0.2, 0) is 16.4 Å². The van der Waals surface area contributed by atoms with Gasteiger partial charge in [-0.15, -0.1) is 0 Å². The second kappa shape index (κ2) is 7.38. The van der Waals surface area contributed by atoms with E-state index in [-0.39, 0.29) is 16.5 Å². The van der Waals surface area contributed by atoms with Crippen molar-refractivity contribution < 1.29 is 27.5 Å². The molecule has 2 aromatic carbocycles. The number of carbonyl (C=O) groups excluding carboxylic acids is 2. The molecular weight excluding hydrogens is 410 g/mol. The molecule has 0 unspecified atom stereocenters. The monoisotopic (exact) mass is 429 g/mol. The van der Waals surface area contributed by atoms with Gasteiger partial charge < -0.3 is 19.8 Å². The number of ether oxygens (including phenoxy) is 2. The van der Waals surface area contributed by atoms with Crippen molar-refractivity contribution >= 4 is 32.7 Å². The first kappa shape index (κ1) is 19.8. The summed E-state index contributed by atoms with van der Waals surface area (Å²) >= 11 is 0. The average Bonchev–Trinajstić information content (AvgIpc) is 3.17. The summed E-state index contributed by atoms with van der Waals surface area (Å²) in [6.45, 7) is 0.503. The van der Waals surface area contributed by atoms with Gasteiger partial charge in [0.25, 0.3) is 21.8 Å². The lowest BCUT2D eigenvalue weighted by Gasteiger charge is -2.17. The SMILES string of the molecule is COc1cc(OC)c2[nH]c(C(=O)NS(=O)(=O)c3ccc4c(c3)C(=O)NCC4)cc2c1. The minimum absolute atomic E-state index is 0.0378. The number of sulfonamides is 1. The third-order valence-electron chi connectivity index (χ3n) is 4.91. The number of H-pyrrole nitrogens is 1. The van der Waals surface area contributed by atoms with Gasteiger partial charge in [-0.2, -0.15) is 0 Å². The van der Waals surface area contributed by atoms with E-state index in [2.05, 4.69) is 10.3 Å². The van der Waals surface area contributed by atoms with Crippen LogP contribution < -0.4 is 19.5 Å². The first-order valence-electron chi connectivity index (χ1n) is 9.05. The number of rotatable bonds is 5. The lowest BCUT2D eigenvalue weighted by molar-refractivity contribution is 0.0944. The predicted molar refractivity (Wildman–Crippen MR) is 109 cm³/mol. The van der Waals surface area contributed by atoms with Crippen molar-refractivity contribution in [3.8, 4) is 11.5 Å². The Balaban J connectivity index is 1.65. The first-order valence-corrected chi connectivity index (χ1v) is 10.5. The fraction of sp³-hybridized carbons (Fsp3) is 0.200. The standard InChI is InChI=1S/C20H19N3O6S/c1-28-13-7-12-8-16(22-18(12)17(9-13)29-2)20(25)23-30(26,27)14-4-3-11-5-6-21-19(24)15(11)10-14/h3-4,7-10,22H,5-6H2,1-2H3,(H,21,24)(H,23,25). The maximum atomic E-state index is 12.7. The third-order valence-corrected chi connectivity index (χ3v) is 6.24. The Bertz CT molecular complexity index is 1280. The fourth-order valence-electron chi connectivity index (χ4n) is 3.38. The molecule has 0 saturated heterocycles. The number of carbonyl (C=O) groups is 2. The van der Waals surface area contributed by atoms with E-state index in [0.29, 0.717) is 40.9 Å². The Morgan fingerprint density at radius 1 is 1.10 bits per heavy atom. The molecule has 3 aromatic rings. The zero-order chi connectivity index (χ0) is 21.5. The van der Waals surface area contributed by atoms with Crippen molar-refractivity contribution in [1.29, 1.82) is 0 Å². The summed E-state index contributed by atoms with van der Waals surface area (Å²) < 4.78 is 38.0. The summed E-state index contributed by atoms with van der Waals surface area (Å²) in [6, 6.07) is 9.10. The van der Waals surface area contributed by atoms with E-state index >= 15 is 0 Å². The van der Waals surface area contributed by atoms with Gasteiger partial charge in [-0.1, -0.05) is 6.07 Å². The summed E-state index contributed by atoms with van der Waals surface area (Å²) in [7, 11) is -1.20. The van der Waals surface area contributed by atoms with Crippen LogP contribution in [0, 0.1) is 0 Å². The molecule has 1 aromatic heterocycles. The molecule has 0 saturated carbocycles. The molecule has 0 radical (unpaired) electrons. The molecule has 2 amide bonds. The van der Waals surface area contributed by atoms with Gasteiger partial charge in [0.15, 0.2) is 0 Å². The number of amides is 2. The third kappa shape index (κ3) is 3.45. The van der Waals surface area contributed by atoms with Gasteiger partial charge in [-0.05, 0) is 36.2 Å². The van der Waals surface area contributed by atoms with Crippen molar-refractivity contribution in [2.24, 2.45) is 0 Å². The number of benzene rings is 2. The van der Waals surface area contributed by atoms with E-state index in [4.69, 9.17) is 9.47 Å². The highest BCUT2D eigenvalue weighted by Gasteiger charge is 2.24. The van der Waals surface area contributed by atoms with Crippen molar-refractivity contribution in [1.82, 2.24) is 15.0 Å². The average molecular weight is 429 g/mol. The summed E-state index contributed by atoms with van der Waals surface area (Å²) in [5, 5.41) is 3.29. The molecule has 4 rings (SSSR count). The van der Waals surface area contributed by atoms with Crippen LogP contribution in [0.1, 0.15) is 26.4 Å². The van der Waals surface area contributed by atoms with E-state index in [1.165, 1.54) is 32.4 Å². The largest absolute Gasteiger partial charge is 0.497 e. The maximum absolute atomic E-state index is 12.7. The summed E-state index contributed by atoms with van der Waals surface area (Å²) in [4.78, 5) is 27.3. The highest BCUT2D eigenvalue weighted by Crippen LogP contribution is 2.31. The number of nitrogens with one attached hydrogen (secondary N) is 3. The molecular formula is C20H19N3O6S. The van der Waals surface area contributed by atoms with Gasteiger partial charge in [0.1, 0.15) is 17.2 Å². The summed E-state index contributed by atoms with van der Waals surface area (Å²) in [5.74, 6) is -0.192. The highest BCUT2D eigenvalue weighted by molar-refractivity contribution is 7.90. The number of fused-ring (bicyclic) bond motifs is 2. The molecule has 156 valence electrons.